The molecule has 1 unspecified atom stereocenters. The molecule has 0 saturated carbocycles. The van der Waals surface area contributed by atoms with Gasteiger partial charge in [-0.15, -0.1) is 0 Å². The molecule has 3 heteroatoms. The minimum Gasteiger partial charge on any atom is -0.301 e. The van der Waals surface area contributed by atoms with Crippen LogP contribution in [0.25, 0.3) is 0 Å². The molecule has 2 rings (SSSR count). The number of hydrogen-bond acceptors (Lipinski definition) is 3. The van der Waals surface area contributed by atoms with Crippen molar-refractivity contribution in [2.45, 2.75) is 25.3 Å². The Morgan fingerprint density at radius 1 is 1.33 bits per heavy atom. The predicted molar refractivity (Wildman–Crippen MR) is 73.2 cm³/mol. The van der Waals surface area contributed by atoms with E-state index < -0.39 is 0 Å². The molecule has 1 saturated heterocycles. The minimum absolute atomic E-state index is 0.469. The first-order valence-electron chi connectivity index (χ1n) is 6.75. The standard InChI is InChI=1S/C15H21N3/c16-9-10-17-15-7-4-11-18(13-15)12-8-14-5-2-1-3-6-14/h1-3,5-6,15,17H,4,7-8,10-13H2. The van der Waals surface area contributed by atoms with Crippen molar-refractivity contribution in [2.24, 2.45) is 0 Å². The monoisotopic (exact) mass is 243 g/mol. The van der Waals surface area contributed by atoms with Gasteiger partial charge in [0.05, 0.1) is 12.6 Å². The summed E-state index contributed by atoms with van der Waals surface area (Å²) in [5.41, 5.74) is 1.41. The van der Waals surface area contributed by atoms with Crippen molar-refractivity contribution in [2.75, 3.05) is 26.2 Å². The van der Waals surface area contributed by atoms with E-state index in [9.17, 15) is 0 Å². The first kappa shape index (κ1) is 13.1. The Morgan fingerprint density at radius 3 is 2.94 bits per heavy atom. The average Bonchev–Trinajstić information content (AvgIpc) is 2.44. The fraction of sp³-hybridized carbons (Fsp3) is 0.533. The highest BCUT2D eigenvalue weighted by Crippen LogP contribution is 2.11. The Bertz CT molecular complexity index is 382. The molecule has 1 N–H and O–H groups in total. The Labute approximate surface area is 109 Å². The Balaban J connectivity index is 1.74. The lowest BCUT2D eigenvalue weighted by Gasteiger charge is -2.32. The molecule has 96 valence electrons. The van der Waals surface area contributed by atoms with Crippen LogP contribution in [-0.4, -0.2) is 37.1 Å². The molecule has 1 aliphatic rings. The van der Waals surface area contributed by atoms with E-state index in [1.807, 2.05) is 0 Å². The number of likely N-dealkylation sites (tertiary alicyclic amines) is 1. The molecule has 1 atom stereocenters. The Kier molecular flexibility index (Phi) is 5.19. The maximum Gasteiger partial charge on any atom is 0.0843 e. The molecule has 1 aromatic rings. The van der Waals surface area contributed by atoms with Crippen LogP contribution in [0.2, 0.25) is 0 Å². The van der Waals surface area contributed by atoms with Crippen LogP contribution >= 0.6 is 0 Å². The number of nitrogens with zero attached hydrogens (tertiary/aromatic N) is 2. The van der Waals surface area contributed by atoms with E-state index in [1.165, 1.54) is 24.9 Å². The molecule has 0 aliphatic carbocycles. The number of rotatable bonds is 5. The number of benzene rings is 1. The Morgan fingerprint density at radius 2 is 2.17 bits per heavy atom. The molecular weight excluding hydrogens is 222 g/mol. The first-order chi connectivity index (χ1) is 8.88. The van der Waals surface area contributed by atoms with E-state index in [4.69, 9.17) is 5.26 Å². The Hall–Kier alpha value is -1.37. The zero-order valence-electron chi connectivity index (χ0n) is 10.8. The van der Waals surface area contributed by atoms with Crippen molar-refractivity contribution in [1.29, 1.82) is 5.26 Å². The lowest BCUT2D eigenvalue weighted by Crippen LogP contribution is -2.46. The topological polar surface area (TPSA) is 39.1 Å². The van der Waals surface area contributed by atoms with Gasteiger partial charge in [0.1, 0.15) is 0 Å². The molecular formula is C15H21N3. The van der Waals surface area contributed by atoms with E-state index >= 15 is 0 Å². The summed E-state index contributed by atoms with van der Waals surface area (Å²) < 4.78 is 0. The fourth-order valence-corrected chi connectivity index (χ4v) is 2.55. The van der Waals surface area contributed by atoms with Gasteiger partial charge in [0.25, 0.3) is 0 Å². The van der Waals surface area contributed by atoms with Gasteiger partial charge in [0.2, 0.25) is 0 Å². The number of nitriles is 1. The van der Waals surface area contributed by atoms with Gasteiger partial charge in [0, 0.05) is 19.1 Å². The quantitative estimate of drug-likeness (QED) is 0.802. The van der Waals surface area contributed by atoms with Crippen LogP contribution in [0.3, 0.4) is 0 Å². The summed E-state index contributed by atoms with van der Waals surface area (Å²) in [6, 6.07) is 13.3. The largest absolute Gasteiger partial charge is 0.301 e. The van der Waals surface area contributed by atoms with Gasteiger partial charge in [-0.2, -0.15) is 5.26 Å². The summed E-state index contributed by atoms with van der Waals surface area (Å²) in [6.07, 6.45) is 3.55. The maximum absolute atomic E-state index is 8.59. The number of nitrogens with one attached hydrogen (secondary N) is 1. The highest BCUT2D eigenvalue weighted by molar-refractivity contribution is 5.14. The summed E-state index contributed by atoms with van der Waals surface area (Å²) in [5.74, 6) is 0. The van der Waals surface area contributed by atoms with Gasteiger partial charge in [-0.1, -0.05) is 30.3 Å². The number of hydrogen-bond donors (Lipinski definition) is 1. The van der Waals surface area contributed by atoms with Gasteiger partial charge < -0.3 is 10.2 Å². The van der Waals surface area contributed by atoms with Crippen LogP contribution in [0.15, 0.2) is 30.3 Å². The fourth-order valence-electron chi connectivity index (χ4n) is 2.55. The van der Waals surface area contributed by atoms with Crippen molar-refractivity contribution in [3.8, 4) is 6.07 Å². The lowest BCUT2D eigenvalue weighted by atomic mass is 10.0. The van der Waals surface area contributed by atoms with Crippen molar-refractivity contribution in [3.05, 3.63) is 35.9 Å². The van der Waals surface area contributed by atoms with Crippen LogP contribution in [0.1, 0.15) is 18.4 Å². The third-order valence-electron chi connectivity index (χ3n) is 3.53. The second-order valence-corrected chi connectivity index (χ2v) is 4.91. The molecule has 1 aromatic carbocycles. The van der Waals surface area contributed by atoms with Crippen LogP contribution in [0.4, 0.5) is 0 Å². The highest BCUT2D eigenvalue weighted by atomic mass is 15.2. The zero-order chi connectivity index (χ0) is 12.6. The van der Waals surface area contributed by atoms with E-state index in [0.717, 1.165) is 19.5 Å². The predicted octanol–water partition coefficient (Wildman–Crippen LogP) is 1.81. The molecule has 0 spiro atoms. The lowest BCUT2D eigenvalue weighted by molar-refractivity contribution is 0.195. The normalized spacial score (nSPS) is 20.5. The second kappa shape index (κ2) is 7.15. The van der Waals surface area contributed by atoms with Crippen molar-refractivity contribution >= 4 is 0 Å². The molecule has 18 heavy (non-hydrogen) atoms. The molecule has 1 fully saturated rings. The summed E-state index contributed by atoms with van der Waals surface area (Å²) in [4.78, 5) is 2.51. The van der Waals surface area contributed by atoms with Gasteiger partial charge in [0.15, 0.2) is 0 Å². The molecule has 0 aromatic heterocycles. The molecule has 0 bridgehead atoms. The van der Waals surface area contributed by atoms with E-state index in [0.29, 0.717) is 12.6 Å². The summed E-state index contributed by atoms with van der Waals surface area (Å²) in [6.45, 7) is 3.86. The van der Waals surface area contributed by atoms with Gasteiger partial charge in [-0.05, 0) is 31.4 Å². The summed E-state index contributed by atoms with van der Waals surface area (Å²) >= 11 is 0. The van der Waals surface area contributed by atoms with Crippen molar-refractivity contribution in [1.82, 2.24) is 10.2 Å². The minimum atomic E-state index is 0.469. The molecule has 1 aliphatic heterocycles. The molecule has 0 radical (unpaired) electrons. The average molecular weight is 243 g/mol. The SMILES string of the molecule is N#CCNC1CCCN(CCc2ccccc2)C1. The van der Waals surface area contributed by atoms with Crippen molar-refractivity contribution < 1.29 is 0 Å². The molecule has 3 nitrogen and oxygen atoms in total. The maximum atomic E-state index is 8.59. The van der Waals surface area contributed by atoms with Crippen LogP contribution in [0.5, 0.6) is 0 Å². The first-order valence-corrected chi connectivity index (χ1v) is 6.75. The van der Waals surface area contributed by atoms with E-state index in [1.54, 1.807) is 0 Å². The van der Waals surface area contributed by atoms with Crippen LogP contribution < -0.4 is 5.32 Å². The smallest absolute Gasteiger partial charge is 0.0843 e. The van der Waals surface area contributed by atoms with Gasteiger partial charge >= 0.3 is 0 Å². The number of piperidine rings is 1. The molecule has 1 heterocycles. The van der Waals surface area contributed by atoms with Gasteiger partial charge in [-0.25, -0.2) is 0 Å². The van der Waals surface area contributed by atoms with Crippen molar-refractivity contribution in [3.63, 3.8) is 0 Å². The van der Waals surface area contributed by atoms with Crippen LogP contribution in [0, 0.1) is 11.3 Å². The van der Waals surface area contributed by atoms with Gasteiger partial charge in [-0.3, -0.25) is 0 Å². The van der Waals surface area contributed by atoms with E-state index in [-0.39, 0.29) is 0 Å². The summed E-state index contributed by atoms with van der Waals surface area (Å²) in [7, 11) is 0. The third kappa shape index (κ3) is 4.14. The van der Waals surface area contributed by atoms with E-state index in [2.05, 4.69) is 46.6 Å². The third-order valence-corrected chi connectivity index (χ3v) is 3.53. The second-order valence-electron chi connectivity index (χ2n) is 4.91. The highest BCUT2D eigenvalue weighted by Gasteiger charge is 2.18. The summed E-state index contributed by atoms with van der Waals surface area (Å²) in [5, 5.41) is 11.9. The van der Waals surface area contributed by atoms with Crippen LogP contribution in [-0.2, 0) is 6.42 Å². The zero-order valence-corrected chi connectivity index (χ0v) is 10.8. The molecule has 0 amide bonds.